The molecule has 1 fully saturated rings. The van der Waals surface area contributed by atoms with Gasteiger partial charge in [0.25, 0.3) is 5.91 Å². The summed E-state index contributed by atoms with van der Waals surface area (Å²) in [7, 11) is 0. The Balaban J connectivity index is 1.48. The molecule has 1 aliphatic rings. The van der Waals surface area contributed by atoms with E-state index in [1.807, 2.05) is 30.9 Å². The van der Waals surface area contributed by atoms with Gasteiger partial charge in [-0.3, -0.25) is 4.79 Å². The first kappa shape index (κ1) is 23.9. The molecular formula is C28H33FN4O. The molecule has 6 heteroatoms. The first-order valence-corrected chi connectivity index (χ1v) is 11.8. The van der Waals surface area contributed by atoms with Crippen molar-refractivity contribution < 1.29 is 9.18 Å². The summed E-state index contributed by atoms with van der Waals surface area (Å²) in [6.07, 6.45) is 0.640. The third-order valence-electron chi connectivity index (χ3n) is 6.46. The maximum absolute atomic E-state index is 13.4. The topological polar surface area (TPSA) is 49.3 Å². The van der Waals surface area contributed by atoms with Gasteiger partial charge in [-0.1, -0.05) is 45.0 Å². The summed E-state index contributed by atoms with van der Waals surface area (Å²) < 4.78 is 13.4. The van der Waals surface area contributed by atoms with E-state index in [1.165, 1.54) is 17.7 Å². The Morgan fingerprint density at radius 3 is 2.12 bits per heavy atom. The van der Waals surface area contributed by atoms with Crippen molar-refractivity contribution in [1.82, 2.24) is 14.9 Å². The molecule has 0 unspecified atom stereocenters. The van der Waals surface area contributed by atoms with Crippen LogP contribution in [-0.4, -0.2) is 47.0 Å². The van der Waals surface area contributed by atoms with E-state index in [9.17, 15) is 9.18 Å². The minimum absolute atomic E-state index is 0.0621. The second-order valence-electron chi connectivity index (χ2n) is 10.1. The van der Waals surface area contributed by atoms with Gasteiger partial charge in [0.05, 0.1) is 0 Å². The Hall–Kier alpha value is -3.28. The molecule has 1 amide bonds. The number of amides is 1. The standard InChI is InChI=1S/C28H33FN4O/c1-19-25(18-21-6-12-24(29)13-7-21)26(31-20(2)30-19)32-14-16-33(17-15-32)27(34)22-8-10-23(11-9-22)28(3,4)5/h6-13H,14-18H2,1-5H3. The van der Waals surface area contributed by atoms with E-state index in [0.717, 1.165) is 34.0 Å². The second kappa shape index (κ2) is 9.53. The number of carbonyl (C=O) groups is 1. The van der Waals surface area contributed by atoms with E-state index in [2.05, 4.69) is 42.8 Å². The Bertz CT molecular complexity index is 1160. The average Bonchev–Trinajstić information content (AvgIpc) is 2.81. The molecule has 2 heterocycles. The molecule has 1 aliphatic heterocycles. The Morgan fingerprint density at radius 1 is 0.912 bits per heavy atom. The van der Waals surface area contributed by atoms with Crippen LogP contribution < -0.4 is 4.90 Å². The fraction of sp³-hybridized carbons (Fsp3) is 0.393. The van der Waals surface area contributed by atoms with Crippen molar-refractivity contribution in [3.63, 3.8) is 0 Å². The summed E-state index contributed by atoms with van der Waals surface area (Å²) >= 11 is 0. The predicted octanol–water partition coefficient (Wildman–Crippen LogP) is 5.08. The van der Waals surface area contributed by atoms with Gasteiger partial charge in [-0.05, 0) is 54.7 Å². The number of hydrogen-bond acceptors (Lipinski definition) is 4. The molecule has 0 radical (unpaired) electrons. The average molecular weight is 461 g/mol. The van der Waals surface area contributed by atoms with E-state index in [1.54, 1.807) is 12.1 Å². The Labute approximate surface area is 201 Å². The molecule has 0 atom stereocenters. The van der Waals surface area contributed by atoms with Crippen LogP contribution in [0.4, 0.5) is 10.2 Å². The molecule has 1 saturated heterocycles. The van der Waals surface area contributed by atoms with Crippen LogP contribution in [0.3, 0.4) is 0 Å². The van der Waals surface area contributed by atoms with E-state index in [-0.39, 0.29) is 17.1 Å². The highest BCUT2D eigenvalue weighted by Crippen LogP contribution is 2.26. The van der Waals surface area contributed by atoms with Gasteiger partial charge in [-0.15, -0.1) is 0 Å². The molecule has 0 N–H and O–H groups in total. The summed E-state index contributed by atoms with van der Waals surface area (Å²) in [6.45, 7) is 13.1. The maximum Gasteiger partial charge on any atom is 0.253 e. The predicted molar refractivity (Wildman–Crippen MR) is 134 cm³/mol. The molecule has 5 nitrogen and oxygen atoms in total. The highest BCUT2D eigenvalue weighted by Gasteiger charge is 2.26. The summed E-state index contributed by atoms with van der Waals surface area (Å²) in [5.74, 6) is 1.47. The van der Waals surface area contributed by atoms with Crippen LogP contribution in [0.1, 0.15) is 59.3 Å². The number of aryl methyl sites for hydroxylation is 2. The van der Waals surface area contributed by atoms with E-state index < -0.39 is 0 Å². The number of nitrogens with zero attached hydrogens (tertiary/aromatic N) is 4. The van der Waals surface area contributed by atoms with Gasteiger partial charge in [0.2, 0.25) is 0 Å². The van der Waals surface area contributed by atoms with E-state index >= 15 is 0 Å². The van der Waals surface area contributed by atoms with Crippen molar-refractivity contribution in [2.45, 2.75) is 46.5 Å². The Kier molecular flexibility index (Phi) is 6.69. The fourth-order valence-corrected chi connectivity index (χ4v) is 4.41. The molecule has 2 aromatic carbocycles. The highest BCUT2D eigenvalue weighted by molar-refractivity contribution is 5.94. The van der Waals surface area contributed by atoms with Gasteiger partial charge in [-0.25, -0.2) is 14.4 Å². The van der Waals surface area contributed by atoms with E-state index in [0.29, 0.717) is 32.6 Å². The summed E-state index contributed by atoms with van der Waals surface area (Å²) in [5, 5.41) is 0. The third-order valence-corrected chi connectivity index (χ3v) is 6.46. The lowest BCUT2D eigenvalue weighted by Gasteiger charge is -2.36. The quantitative estimate of drug-likeness (QED) is 0.545. The van der Waals surface area contributed by atoms with Crippen LogP contribution in [0, 0.1) is 19.7 Å². The van der Waals surface area contributed by atoms with Gasteiger partial charge >= 0.3 is 0 Å². The molecule has 0 saturated carbocycles. The van der Waals surface area contributed by atoms with Crippen LogP contribution in [0.2, 0.25) is 0 Å². The lowest BCUT2D eigenvalue weighted by Crippen LogP contribution is -2.49. The Morgan fingerprint density at radius 2 is 1.53 bits per heavy atom. The fourth-order valence-electron chi connectivity index (χ4n) is 4.41. The molecule has 0 spiro atoms. The summed E-state index contributed by atoms with van der Waals surface area (Å²) in [4.78, 5) is 26.6. The normalized spacial score (nSPS) is 14.4. The number of rotatable bonds is 4. The van der Waals surface area contributed by atoms with Crippen molar-refractivity contribution in [1.29, 1.82) is 0 Å². The molecule has 4 rings (SSSR count). The van der Waals surface area contributed by atoms with Crippen molar-refractivity contribution in [2.24, 2.45) is 0 Å². The third kappa shape index (κ3) is 5.27. The van der Waals surface area contributed by atoms with Crippen LogP contribution in [0.25, 0.3) is 0 Å². The van der Waals surface area contributed by atoms with Gasteiger partial charge in [0, 0.05) is 49.4 Å². The SMILES string of the molecule is Cc1nc(C)c(Cc2ccc(F)cc2)c(N2CCN(C(=O)c3ccc(C(C)(C)C)cc3)CC2)n1. The maximum atomic E-state index is 13.4. The number of carbonyl (C=O) groups excluding carboxylic acids is 1. The van der Waals surface area contributed by atoms with Crippen LogP contribution >= 0.6 is 0 Å². The van der Waals surface area contributed by atoms with E-state index in [4.69, 9.17) is 4.98 Å². The molecule has 0 bridgehead atoms. The van der Waals surface area contributed by atoms with Gasteiger partial charge in [-0.2, -0.15) is 0 Å². The van der Waals surface area contributed by atoms with Gasteiger partial charge in [0.15, 0.2) is 0 Å². The zero-order chi connectivity index (χ0) is 24.5. The van der Waals surface area contributed by atoms with Crippen LogP contribution in [0.5, 0.6) is 0 Å². The largest absolute Gasteiger partial charge is 0.353 e. The van der Waals surface area contributed by atoms with Crippen molar-refractivity contribution in [3.05, 3.63) is 88.1 Å². The number of benzene rings is 2. The summed E-state index contributed by atoms with van der Waals surface area (Å²) in [5.41, 5.74) is 5.01. The molecule has 34 heavy (non-hydrogen) atoms. The van der Waals surface area contributed by atoms with Crippen molar-refractivity contribution >= 4 is 11.7 Å². The molecule has 3 aromatic rings. The lowest BCUT2D eigenvalue weighted by atomic mass is 9.86. The monoisotopic (exact) mass is 460 g/mol. The number of hydrogen-bond donors (Lipinski definition) is 0. The number of aromatic nitrogens is 2. The van der Waals surface area contributed by atoms with Crippen LogP contribution in [-0.2, 0) is 11.8 Å². The van der Waals surface area contributed by atoms with Gasteiger partial charge in [0.1, 0.15) is 17.5 Å². The second-order valence-corrected chi connectivity index (χ2v) is 10.1. The first-order chi connectivity index (χ1) is 16.1. The zero-order valence-electron chi connectivity index (χ0n) is 20.7. The minimum atomic E-state index is -0.241. The van der Waals surface area contributed by atoms with Crippen LogP contribution in [0.15, 0.2) is 48.5 Å². The molecule has 178 valence electrons. The van der Waals surface area contributed by atoms with Crippen molar-refractivity contribution in [2.75, 3.05) is 31.1 Å². The minimum Gasteiger partial charge on any atom is -0.353 e. The zero-order valence-corrected chi connectivity index (χ0v) is 20.7. The number of halogens is 1. The smallest absolute Gasteiger partial charge is 0.253 e. The number of piperazine rings is 1. The molecular weight excluding hydrogens is 427 g/mol. The van der Waals surface area contributed by atoms with Gasteiger partial charge < -0.3 is 9.80 Å². The highest BCUT2D eigenvalue weighted by atomic mass is 19.1. The lowest BCUT2D eigenvalue weighted by molar-refractivity contribution is 0.0746. The summed E-state index contributed by atoms with van der Waals surface area (Å²) in [6, 6.07) is 14.6. The first-order valence-electron chi connectivity index (χ1n) is 11.8. The number of anilines is 1. The molecule has 0 aliphatic carbocycles. The molecule has 1 aromatic heterocycles. The van der Waals surface area contributed by atoms with Crippen molar-refractivity contribution in [3.8, 4) is 0 Å².